The van der Waals surface area contributed by atoms with E-state index in [9.17, 15) is 4.79 Å². The first-order chi connectivity index (χ1) is 15.6. The molecule has 32 heavy (non-hydrogen) atoms. The summed E-state index contributed by atoms with van der Waals surface area (Å²) in [5, 5.41) is 5.92. The number of carbonyl (C=O) groups is 1. The molecular formula is C26H20ClN3O2. The molecule has 2 aromatic heterocycles. The molecule has 5 rings (SSSR count). The molecule has 0 fully saturated rings. The minimum atomic E-state index is -0.0831. The second kappa shape index (κ2) is 8.36. The number of halogens is 1. The zero-order valence-corrected chi connectivity index (χ0v) is 18.2. The monoisotopic (exact) mass is 441 g/mol. The summed E-state index contributed by atoms with van der Waals surface area (Å²) in [4.78, 5) is 13.5. The first-order valence-corrected chi connectivity index (χ1v) is 10.6. The van der Waals surface area contributed by atoms with E-state index < -0.39 is 0 Å². The van der Waals surface area contributed by atoms with Crippen LogP contribution in [0.5, 0.6) is 5.75 Å². The van der Waals surface area contributed by atoms with E-state index in [-0.39, 0.29) is 5.78 Å². The Bertz CT molecular complexity index is 1400. The van der Waals surface area contributed by atoms with Gasteiger partial charge in [-0.3, -0.25) is 4.79 Å². The van der Waals surface area contributed by atoms with Gasteiger partial charge in [0.05, 0.1) is 24.6 Å². The minimum absolute atomic E-state index is 0.0831. The lowest BCUT2D eigenvalue weighted by Crippen LogP contribution is -2.01. The van der Waals surface area contributed by atoms with Crippen LogP contribution >= 0.6 is 11.6 Å². The summed E-state index contributed by atoms with van der Waals surface area (Å²) in [6.45, 7) is 0.622. The number of ether oxygens (including phenoxy) is 1. The number of methoxy groups -OCH3 is 1. The molecule has 0 aliphatic carbocycles. The average Bonchev–Trinajstić information content (AvgIpc) is 3.46. The number of hydrogen-bond donors (Lipinski definition) is 0. The van der Waals surface area contributed by atoms with Gasteiger partial charge in [0.25, 0.3) is 0 Å². The quantitative estimate of drug-likeness (QED) is 0.314. The first kappa shape index (κ1) is 20.1. The van der Waals surface area contributed by atoms with Gasteiger partial charge in [0.1, 0.15) is 5.75 Å². The van der Waals surface area contributed by atoms with Crippen LogP contribution in [0.3, 0.4) is 0 Å². The molecule has 0 saturated heterocycles. The summed E-state index contributed by atoms with van der Waals surface area (Å²) in [6.07, 6.45) is 5.28. The summed E-state index contributed by atoms with van der Waals surface area (Å²) in [7, 11) is 1.62. The Morgan fingerprint density at radius 1 is 1.00 bits per heavy atom. The largest absolute Gasteiger partial charge is 0.497 e. The minimum Gasteiger partial charge on any atom is -0.497 e. The zero-order chi connectivity index (χ0) is 22.1. The molecule has 2 heterocycles. The van der Waals surface area contributed by atoms with Crippen LogP contribution in [0.1, 0.15) is 21.5 Å². The molecule has 0 atom stereocenters. The highest BCUT2D eigenvalue weighted by atomic mass is 35.5. The van der Waals surface area contributed by atoms with Crippen molar-refractivity contribution in [3.05, 3.63) is 113 Å². The van der Waals surface area contributed by atoms with Crippen LogP contribution in [0.25, 0.3) is 16.6 Å². The maximum absolute atomic E-state index is 13.5. The fraction of sp³-hybridized carbons (Fsp3) is 0.0769. The maximum Gasteiger partial charge on any atom is 0.198 e. The molecule has 3 aromatic carbocycles. The summed E-state index contributed by atoms with van der Waals surface area (Å²) < 4.78 is 9.20. The fourth-order valence-corrected chi connectivity index (χ4v) is 3.94. The Balaban J connectivity index is 1.56. The van der Waals surface area contributed by atoms with E-state index in [1.54, 1.807) is 24.2 Å². The van der Waals surface area contributed by atoms with Gasteiger partial charge >= 0.3 is 0 Å². The van der Waals surface area contributed by atoms with Gasteiger partial charge in [0.2, 0.25) is 0 Å². The van der Waals surface area contributed by atoms with E-state index in [2.05, 4.69) is 9.67 Å². The number of ketones is 1. The van der Waals surface area contributed by atoms with Crippen molar-refractivity contribution in [2.24, 2.45) is 0 Å². The fourth-order valence-electron chi connectivity index (χ4n) is 3.82. The Morgan fingerprint density at radius 2 is 1.78 bits per heavy atom. The van der Waals surface area contributed by atoms with Crippen LogP contribution < -0.4 is 4.74 Å². The SMILES string of the molecule is COc1ccc2c(c1)c(C(=O)c1cnn(-c3ccccc3)c1)cn2Cc1ccc(Cl)cc1. The summed E-state index contributed by atoms with van der Waals surface area (Å²) in [6, 6.07) is 23.2. The van der Waals surface area contributed by atoms with Crippen molar-refractivity contribution in [1.82, 2.24) is 14.3 Å². The molecule has 0 radical (unpaired) electrons. The van der Waals surface area contributed by atoms with Crippen LogP contribution in [0.4, 0.5) is 0 Å². The summed E-state index contributed by atoms with van der Waals surface area (Å²) >= 11 is 6.03. The van der Waals surface area contributed by atoms with E-state index in [4.69, 9.17) is 16.3 Å². The normalized spacial score (nSPS) is 11.1. The van der Waals surface area contributed by atoms with Crippen molar-refractivity contribution < 1.29 is 9.53 Å². The number of fused-ring (bicyclic) bond motifs is 1. The highest BCUT2D eigenvalue weighted by Gasteiger charge is 2.19. The topological polar surface area (TPSA) is 49.0 Å². The van der Waals surface area contributed by atoms with Crippen LogP contribution in [0.2, 0.25) is 5.02 Å². The lowest BCUT2D eigenvalue weighted by molar-refractivity contribution is 0.104. The van der Waals surface area contributed by atoms with Gasteiger partial charge in [-0.15, -0.1) is 0 Å². The second-order valence-corrected chi connectivity index (χ2v) is 7.95. The van der Waals surface area contributed by atoms with Gasteiger partial charge in [0.15, 0.2) is 5.78 Å². The Kier molecular flexibility index (Phi) is 5.25. The third kappa shape index (κ3) is 3.79. The lowest BCUT2D eigenvalue weighted by atomic mass is 10.1. The van der Waals surface area contributed by atoms with Crippen molar-refractivity contribution in [3.8, 4) is 11.4 Å². The highest BCUT2D eigenvalue weighted by Crippen LogP contribution is 2.29. The highest BCUT2D eigenvalue weighted by molar-refractivity contribution is 6.30. The molecular weight excluding hydrogens is 422 g/mol. The molecule has 0 amide bonds. The predicted octanol–water partition coefficient (Wildman–Crippen LogP) is 5.77. The van der Waals surface area contributed by atoms with Gasteiger partial charge in [-0.05, 0) is 48.0 Å². The number of para-hydroxylation sites is 1. The number of carbonyl (C=O) groups excluding carboxylic acids is 1. The molecule has 5 nitrogen and oxygen atoms in total. The summed E-state index contributed by atoms with van der Waals surface area (Å²) in [5.41, 5.74) is 4.10. The summed E-state index contributed by atoms with van der Waals surface area (Å²) in [5.74, 6) is 0.621. The second-order valence-electron chi connectivity index (χ2n) is 7.52. The molecule has 0 aliphatic rings. The predicted molar refractivity (Wildman–Crippen MR) is 126 cm³/mol. The molecule has 0 aliphatic heterocycles. The third-order valence-corrected chi connectivity index (χ3v) is 5.72. The average molecular weight is 442 g/mol. The van der Waals surface area contributed by atoms with Gasteiger partial charge in [-0.2, -0.15) is 5.10 Å². The van der Waals surface area contributed by atoms with E-state index in [1.807, 2.05) is 79.0 Å². The van der Waals surface area contributed by atoms with Crippen LogP contribution in [-0.2, 0) is 6.54 Å². The molecule has 0 unspecified atom stereocenters. The van der Waals surface area contributed by atoms with Crippen molar-refractivity contribution in [2.45, 2.75) is 6.54 Å². The number of rotatable bonds is 6. The number of benzene rings is 3. The lowest BCUT2D eigenvalue weighted by Gasteiger charge is -2.06. The first-order valence-electron chi connectivity index (χ1n) is 10.2. The molecule has 158 valence electrons. The van der Waals surface area contributed by atoms with E-state index in [0.29, 0.717) is 28.4 Å². The smallest absolute Gasteiger partial charge is 0.198 e. The molecule has 0 N–H and O–H groups in total. The van der Waals surface area contributed by atoms with E-state index >= 15 is 0 Å². The van der Waals surface area contributed by atoms with Crippen LogP contribution in [-0.4, -0.2) is 27.2 Å². The van der Waals surface area contributed by atoms with E-state index in [1.165, 1.54) is 0 Å². The molecule has 5 aromatic rings. The molecule has 0 bridgehead atoms. The van der Waals surface area contributed by atoms with Gasteiger partial charge < -0.3 is 9.30 Å². The van der Waals surface area contributed by atoms with Crippen LogP contribution in [0.15, 0.2) is 91.4 Å². The number of aromatic nitrogens is 3. The Hall–Kier alpha value is -3.83. The van der Waals surface area contributed by atoms with Crippen molar-refractivity contribution in [2.75, 3.05) is 7.11 Å². The zero-order valence-electron chi connectivity index (χ0n) is 17.4. The van der Waals surface area contributed by atoms with Crippen molar-refractivity contribution >= 4 is 28.3 Å². The van der Waals surface area contributed by atoms with Gasteiger partial charge in [-0.25, -0.2) is 4.68 Å². The van der Waals surface area contributed by atoms with Crippen LogP contribution in [0, 0.1) is 0 Å². The third-order valence-electron chi connectivity index (χ3n) is 5.46. The van der Waals surface area contributed by atoms with Gasteiger partial charge in [0, 0.05) is 40.4 Å². The number of hydrogen-bond acceptors (Lipinski definition) is 3. The molecule has 6 heteroatoms. The number of nitrogens with zero attached hydrogens (tertiary/aromatic N) is 3. The van der Waals surface area contributed by atoms with Crippen molar-refractivity contribution in [3.63, 3.8) is 0 Å². The standard InChI is InChI=1S/C26H20ClN3O2/c1-32-22-11-12-25-23(13-22)24(17-29(25)15-18-7-9-20(27)10-8-18)26(31)19-14-28-30(16-19)21-5-3-2-4-6-21/h2-14,16-17H,15H2,1H3. The Morgan fingerprint density at radius 3 is 2.53 bits per heavy atom. The van der Waals surface area contributed by atoms with Gasteiger partial charge in [-0.1, -0.05) is 41.9 Å². The Labute approximate surface area is 190 Å². The van der Waals surface area contributed by atoms with Crippen molar-refractivity contribution in [1.29, 1.82) is 0 Å². The maximum atomic E-state index is 13.5. The molecule has 0 saturated carbocycles. The molecule has 0 spiro atoms. The van der Waals surface area contributed by atoms with E-state index in [0.717, 1.165) is 22.2 Å².